The monoisotopic (exact) mass is 228 g/mol. The third kappa shape index (κ3) is 3.17. The second-order valence-corrected chi connectivity index (χ2v) is 5.05. The molecular formula is C12H24N2O2. The van der Waals surface area contributed by atoms with Crippen LogP contribution in [-0.4, -0.2) is 73.0 Å². The molecule has 94 valence electrons. The summed E-state index contributed by atoms with van der Waals surface area (Å²) in [6.45, 7) is 10.1. The Morgan fingerprint density at radius 1 is 1.06 bits per heavy atom. The van der Waals surface area contributed by atoms with Gasteiger partial charge in [-0.3, -0.25) is 4.90 Å². The number of aliphatic hydroxyl groups is 1. The van der Waals surface area contributed by atoms with Crippen LogP contribution in [0, 0.1) is 0 Å². The van der Waals surface area contributed by atoms with Gasteiger partial charge in [-0.2, -0.15) is 0 Å². The highest BCUT2D eigenvalue weighted by Gasteiger charge is 2.32. The van der Waals surface area contributed by atoms with Crippen molar-refractivity contribution in [3.05, 3.63) is 0 Å². The van der Waals surface area contributed by atoms with Gasteiger partial charge in [0.25, 0.3) is 0 Å². The van der Waals surface area contributed by atoms with Crippen LogP contribution < -0.4 is 0 Å². The number of nitrogens with zero attached hydrogens (tertiary/aromatic N) is 2. The van der Waals surface area contributed by atoms with Crippen molar-refractivity contribution in [1.82, 2.24) is 9.80 Å². The Morgan fingerprint density at radius 3 is 2.19 bits per heavy atom. The molecule has 2 saturated heterocycles. The molecule has 2 heterocycles. The lowest BCUT2D eigenvalue weighted by Gasteiger charge is -2.40. The molecule has 0 aromatic heterocycles. The van der Waals surface area contributed by atoms with Gasteiger partial charge in [0, 0.05) is 58.8 Å². The SMILES string of the molecule is CCN1CCN(CC2(O)CCOCC2)CC1. The van der Waals surface area contributed by atoms with E-state index in [1.54, 1.807) is 0 Å². The van der Waals surface area contributed by atoms with E-state index in [0.717, 1.165) is 52.1 Å². The van der Waals surface area contributed by atoms with E-state index in [1.807, 2.05) is 0 Å². The summed E-state index contributed by atoms with van der Waals surface area (Å²) in [6.07, 6.45) is 1.59. The molecular weight excluding hydrogens is 204 g/mol. The van der Waals surface area contributed by atoms with Crippen molar-refractivity contribution in [3.8, 4) is 0 Å². The van der Waals surface area contributed by atoms with Gasteiger partial charge in [0.2, 0.25) is 0 Å². The van der Waals surface area contributed by atoms with Crippen LogP contribution in [0.1, 0.15) is 19.8 Å². The zero-order valence-corrected chi connectivity index (χ0v) is 10.3. The predicted molar refractivity (Wildman–Crippen MR) is 63.6 cm³/mol. The molecule has 0 unspecified atom stereocenters. The second-order valence-electron chi connectivity index (χ2n) is 5.05. The number of hydrogen-bond acceptors (Lipinski definition) is 4. The standard InChI is InChI=1S/C12H24N2O2/c1-2-13-5-7-14(8-6-13)11-12(15)3-9-16-10-4-12/h15H,2-11H2,1H3. The van der Waals surface area contributed by atoms with Crippen molar-refractivity contribution in [2.24, 2.45) is 0 Å². The Bertz CT molecular complexity index is 209. The Balaban J connectivity index is 1.77. The molecule has 2 aliphatic rings. The molecule has 1 N–H and O–H groups in total. The highest BCUT2D eigenvalue weighted by atomic mass is 16.5. The van der Waals surface area contributed by atoms with E-state index in [-0.39, 0.29) is 0 Å². The van der Waals surface area contributed by atoms with Gasteiger partial charge in [-0.1, -0.05) is 6.92 Å². The Labute approximate surface area is 98.2 Å². The van der Waals surface area contributed by atoms with Crippen LogP contribution >= 0.6 is 0 Å². The summed E-state index contributed by atoms with van der Waals surface area (Å²) in [5.74, 6) is 0. The molecule has 0 aromatic rings. The van der Waals surface area contributed by atoms with E-state index in [1.165, 1.54) is 0 Å². The van der Waals surface area contributed by atoms with E-state index in [2.05, 4.69) is 16.7 Å². The Hall–Kier alpha value is -0.160. The third-order valence-electron chi connectivity index (χ3n) is 3.85. The summed E-state index contributed by atoms with van der Waals surface area (Å²) in [6, 6.07) is 0. The van der Waals surface area contributed by atoms with Gasteiger partial charge < -0.3 is 14.7 Å². The maximum Gasteiger partial charge on any atom is 0.0817 e. The summed E-state index contributed by atoms with van der Waals surface area (Å²) in [7, 11) is 0. The summed E-state index contributed by atoms with van der Waals surface area (Å²) in [5, 5.41) is 10.4. The molecule has 0 atom stereocenters. The van der Waals surface area contributed by atoms with Gasteiger partial charge in [-0.25, -0.2) is 0 Å². The molecule has 16 heavy (non-hydrogen) atoms. The minimum Gasteiger partial charge on any atom is -0.388 e. The molecule has 0 amide bonds. The molecule has 4 nitrogen and oxygen atoms in total. The fourth-order valence-corrected chi connectivity index (χ4v) is 2.59. The van der Waals surface area contributed by atoms with Crippen molar-refractivity contribution in [3.63, 3.8) is 0 Å². The smallest absolute Gasteiger partial charge is 0.0817 e. The van der Waals surface area contributed by atoms with Crippen LogP contribution in [0.5, 0.6) is 0 Å². The van der Waals surface area contributed by atoms with Crippen molar-refractivity contribution in [1.29, 1.82) is 0 Å². The van der Waals surface area contributed by atoms with Crippen LogP contribution in [0.2, 0.25) is 0 Å². The lowest BCUT2D eigenvalue weighted by Crippen LogP contribution is -2.53. The van der Waals surface area contributed by atoms with E-state index in [0.29, 0.717) is 13.2 Å². The third-order valence-corrected chi connectivity index (χ3v) is 3.85. The number of hydrogen-bond donors (Lipinski definition) is 1. The zero-order chi connectivity index (χ0) is 11.4. The maximum absolute atomic E-state index is 10.4. The van der Waals surface area contributed by atoms with Gasteiger partial charge in [0.1, 0.15) is 0 Å². The molecule has 0 spiro atoms. The van der Waals surface area contributed by atoms with Crippen molar-refractivity contribution < 1.29 is 9.84 Å². The molecule has 0 radical (unpaired) electrons. The number of piperazine rings is 1. The highest BCUT2D eigenvalue weighted by molar-refractivity contribution is 4.86. The predicted octanol–water partition coefficient (Wildman–Crippen LogP) is 0.165. The normalized spacial score (nSPS) is 28.1. The van der Waals surface area contributed by atoms with Crippen LogP contribution in [0.3, 0.4) is 0 Å². The Morgan fingerprint density at radius 2 is 1.62 bits per heavy atom. The van der Waals surface area contributed by atoms with Crippen LogP contribution in [0.25, 0.3) is 0 Å². The minimum absolute atomic E-state index is 0.493. The average molecular weight is 228 g/mol. The molecule has 2 rings (SSSR count). The first-order chi connectivity index (χ1) is 7.72. The van der Waals surface area contributed by atoms with Gasteiger partial charge in [-0.15, -0.1) is 0 Å². The summed E-state index contributed by atoms with van der Waals surface area (Å²) in [5.41, 5.74) is -0.493. The summed E-state index contributed by atoms with van der Waals surface area (Å²) >= 11 is 0. The van der Waals surface area contributed by atoms with Gasteiger partial charge in [0.15, 0.2) is 0 Å². The van der Waals surface area contributed by atoms with E-state index < -0.39 is 5.60 Å². The number of ether oxygens (including phenoxy) is 1. The zero-order valence-electron chi connectivity index (χ0n) is 10.3. The first kappa shape index (κ1) is 12.3. The van der Waals surface area contributed by atoms with E-state index >= 15 is 0 Å². The number of β-amino-alcohol motifs (C(OH)–C–C–N with tert-alkyl or cyclic N) is 1. The first-order valence-electron chi connectivity index (χ1n) is 6.47. The van der Waals surface area contributed by atoms with Gasteiger partial charge in [0.05, 0.1) is 5.60 Å². The van der Waals surface area contributed by atoms with Crippen molar-refractivity contribution in [2.45, 2.75) is 25.4 Å². The fraction of sp³-hybridized carbons (Fsp3) is 1.00. The van der Waals surface area contributed by atoms with Crippen LogP contribution in [0.4, 0.5) is 0 Å². The second kappa shape index (κ2) is 5.45. The van der Waals surface area contributed by atoms with E-state index in [4.69, 9.17) is 4.74 Å². The largest absolute Gasteiger partial charge is 0.388 e. The average Bonchev–Trinajstić information content (AvgIpc) is 2.30. The van der Waals surface area contributed by atoms with Crippen molar-refractivity contribution >= 4 is 0 Å². The summed E-state index contributed by atoms with van der Waals surface area (Å²) in [4.78, 5) is 4.86. The lowest BCUT2D eigenvalue weighted by atomic mass is 9.93. The van der Waals surface area contributed by atoms with Crippen LogP contribution in [0.15, 0.2) is 0 Å². The molecule has 0 aliphatic carbocycles. The van der Waals surface area contributed by atoms with Gasteiger partial charge >= 0.3 is 0 Å². The molecule has 4 heteroatoms. The molecule has 2 fully saturated rings. The Kier molecular flexibility index (Phi) is 4.19. The lowest BCUT2D eigenvalue weighted by molar-refractivity contribution is -0.0839. The molecule has 0 bridgehead atoms. The topological polar surface area (TPSA) is 35.9 Å². The minimum atomic E-state index is -0.493. The maximum atomic E-state index is 10.4. The van der Waals surface area contributed by atoms with Crippen molar-refractivity contribution in [2.75, 3.05) is 52.5 Å². The van der Waals surface area contributed by atoms with Crippen LogP contribution in [-0.2, 0) is 4.74 Å². The number of rotatable bonds is 3. The molecule has 0 aromatic carbocycles. The first-order valence-corrected chi connectivity index (χ1v) is 6.47. The molecule has 0 saturated carbocycles. The summed E-state index contributed by atoms with van der Waals surface area (Å²) < 4.78 is 5.30. The van der Waals surface area contributed by atoms with Gasteiger partial charge in [-0.05, 0) is 6.54 Å². The highest BCUT2D eigenvalue weighted by Crippen LogP contribution is 2.22. The number of likely N-dealkylation sites (N-methyl/N-ethyl adjacent to an activating group) is 1. The van der Waals surface area contributed by atoms with E-state index in [9.17, 15) is 5.11 Å². The molecule has 2 aliphatic heterocycles. The fourth-order valence-electron chi connectivity index (χ4n) is 2.59. The quantitative estimate of drug-likeness (QED) is 0.747.